The summed E-state index contributed by atoms with van der Waals surface area (Å²) in [6, 6.07) is 6.79. The van der Waals surface area contributed by atoms with Gasteiger partial charge >= 0.3 is 12.4 Å². The maximum atomic E-state index is 13.8. The summed E-state index contributed by atoms with van der Waals surface area (Å²) in [5.41, 5.74) is -4.51. The van der Waals surface area contributed by atoms with Crippen LogP contribution in [0, 0.1) is 0 Å². The molecular formula is C22H16F6N2O2S. The van der Waals surface area contributed by atoms with E-state index in [2.05, 4.69) is 4.98 Å². The molecule has 3 aromatic rings. The third-order valence-corrected chi connectivity index (χ3v) is 6.63. The molecule has 0 radical (unpaired) electrons. The molecule has 0 N–H and O–H groups in total. The van der Waals surface area contributed by atoms with E-state index >= 15 is 0 Å². The van der Waals surface area contributed by atoms with Crippen molar-refractivity contribution < 1.29 is 31.1 Å². The summed E-state index contributed by atoms with van der Waals surface area (Å²) in [6.07, 6.45) is -7.86. The van der Waals surface area contributed by atoms with Crippen LogP contribution in [0.4, 0.5) is 26.3 Å². The number of carbonyl (C=O) groups excluding carboxylic acids is 1. The smallest absolute Gasteiger partial charge is 0.298 e. The molecule has 1 aliphatic rings. The van der Waals surface area contributed by atoms with Crippen molar-refractivity contribution in [1.29, 1.82) is 0 Å². The van der Waals surface area contributed by atoms with E-state index in [9.17, 15) is 35.9 Å². The SMILES string of the molecule is O=C1CCCCC1Sc1nc2ccccc2c(=O)n1-c1cc(C(F)(F)F)ccc1C(F)(F)F. The van der Waals surface area contributed by atoms with Crippen molar-refractivity contribution in [3.63, 3.8) is 0 Å². The Morgan fingerprint density at radius 2 is 1.67 bits per heavy atom. The number of benzene rings is 2. The highest BCUT2D eigenvalue weighted by Gasteiger charge is 2.39. The minimum atomic E-state index is -5.03. The molecule has 1 aromatic heterocycles. The summed E-state index contributed by atoms with van der Waals surface area (Å²) in [6.45, 7) is 0. The number of ketones is 1. The van der Waals surface area contributed by atoms with Crippen molar-refractivity contribution in [2.75, 3.05) is 0 Å². The lowest BCUT2D eigenvalue weighted by Gasteiger charge is -2.23. The van der Waals surface area contributed by atoms with Gasteiger partial charge in [0.15, 0.2) is 5.16 Å². The van der Waals surface area contributed by atoms with E-state index in [0.717, 1.165) is 11.8 Å². The predicted octanol–water partition coefficient (Wildman–Crippen LogP) is 6.03. The first-order valence-electron chi connectivity index (χ1n) is 9.97. The fraction of sp³-hybridized carbons (Fsp3) is 0.318. The Morgan fingerprint density at radius 1 is 0.939 bits per heavy atom. The number of hydrogen-bond donors (Lipinski definition) is 0. The van der Waals surface area contributed by atoms with Gasteiger partial charge in [-0.3, -0.25) is 14.2 Å². The molecule has 1 atom stereocenters. The van der Waals surface area contributed by atoms with E-state index in [1.165, 1.54) is 18.2 Å². The fourth-order valence-corrected chi connectivity index (χ4v) is 4.97. The van der Waals surface area contributed by atoms with Gasteiger partial charge in [0.2, 0.25) is 0 Å². The Bertz CT molecular complexity index is 1280. The van der Waals surface area contributed by atoms with Gasteiger partial charge in [0.25, 0.3) is 5.56 Å². The first kappa shape index (κ1) is 23.3. The topological polar surface area (TPSA) is 52.0 Å². The van der Waals surface area contributed by atoms with Gasteiger partial charge in [0.1, 0.15) is 5.78 Å². The third-order valence-electron chi connectivity index (χ3n) is 5.36. The zero-order valence-electron chi connectivity index (χ0n) is 16.8. The summed E-state index contributed by atoms with van der Waals surface area (Å²) in [4.78, 5) is 29.9. The number of hydrogen-bond acceptors (Lipinski definition) is 4. The molecule has 0 aliphatic heterocycles. The van der Waals surface area contributed by atoms with Crippen molar-refractivity contribution in [3.05, 3.63) is 63.9 Å². The second kappa shape index (κ2) is 8.51. The van der Waals surface area contributed by atoms with E-state index < -0.39 is 40.0 Å². The monoisotopic (exact) mass is 486 g/mol. The average Bonchev–Trinajstić information content (AvgIpc) is 2.74. The summed E-state index contributed by atoms with van der Waals surface area (Å²) in [5, 5.41) is -0.968. The van der Waals surface area contributed by atoms with E-state index in [0.29, 0.717) is 42.0 Å². The predicted molar refractivity (Wildman–Crippen MR) is 110 cm³/mol. The van der Waals surface area contributed by atoms with Crippen molar-refractivity contribution in [1.82, 2.24) is 9.55 Å². The molecule has 174 valence electrons. The number of para-hydroxylation sites is 1. The Morgan fingerprint density at radius 3 is 2.33 bits per heavy atom. The normalized spacial score (nSPS) is 17.5. The van der Waals surface area contributed by atoms with Crippen LogP contribution in [0.2, 0.25) is 0 Å². The van der Waals surface area contributed by atoms with Crippen LogP contribution in [0.15, 0.2) is 52.4 Å². The fourth-order valence-electron chi connectivity index (χ4n) is 3.74. The molecule has 1 fully saturated rings. The van der Waals surface area contributed by atoms with Crippen molar-refractivity contribution in [2.24, 2.45) is 0 Å². The lowest BCUT2D eigenvalue weighted by atomic mass is 9.99. The Balaban J connectivity index is 2.03. The Hall–Kier alpha value is -2.82. The van der Waals surface area contributed by atoms with Crippen molar-refractivity contribution in [3.8, 4) is 5.69 Å². The Labute approximate surface area is 187 Å². The first-order valence-corrected chi connectivity index (χ1v) is 10.8. The lowest BCUT2D eigenvalue weighted by molar-refractivity contribution is -0.141. The molecule has 0 amide bonds. The number of thioether (sulfide) groups is 1. The number of aromatic nitrogens is 2. The van der Waals surface area contributed by atoms with Crippen LogP contribution >= 0.6 is 11.8 Å². The summed E-state index contributed by atoms with van der Waals surface area (Å²) < 4.78 is 82.0. The molecule has 0 saturated heterocycles. The minimum Gasteiger partial charge on any atom is -0.298 e. The van der Waals surface area contributed by atoms with Crippen LogP contribution in [0.5, 0.6) is 0 Å². The van der Waals surface area contributed by atoms with Gasteiger partial charge in [-0.25, -0.2) is 4.98 Å². The number of carbonyl (C=O) groups is 1. The van der Waals surface area contributed by atoms with Crippen molar-refractivity contribution in [2.45, 2.75) is 48.4 Å². The standard InChI is InChI=1S/C22H16F6N2O2S/c23-21(24,25)12-9-10-14(22(26,27)28)16(11-12)30-19(32)13-5-1-2-6-15(13)29-20(30)33-18-8-4-3-7-17(18)31/h1-2,5-6,9-11,18H,3-4,7-8H2. The molecule has 11 heteroatoms. The van der Waals surface area contributed by atoms with Crippen LogP contribution in [0.25, 0.3) is 16.6 Å². The molecule has 4 nitrogen and oxygen atoms in total. The zero-order valence-corrected chi connectivity index (χ0v) is 17.7. The highest BCUT2D eigenvalue weighted by Crippen LogP contribution is 2.40. The number of alkyl halides is 6. The number of Topliss-reactive ketones (excluding diaryl/α,β-unsaturated/α-hetero) is 1. The van der Waals surface area contributed by atoms with Crippen LogP contribution in [-0.4, -0.2) is 20.6 Å². The van der Waals surface area contributed by atoms with Crippen LogP contribution < -0.4 is 5.56 Å². The van der Waals surface area contributed by atoms with E-state index in [1.54, 1.807) is 6.07 Å². The summed E-state index contributed by atoms with van der Waals surface area (Å²) >= 11 is 0.810. The number of rotatable bonds is 3. The van der Waals surface area contributed by atoms with Gasteiger partial charge in [-0.05, 0) is 43.2 Å². The molecule has 1 unspecified atom stereocenters. The first-order chi connectivity index (χ1) is 15.5. The molecule has 33 heavy (non-hydrogen) atoms. The van der Waals surface area contributed by atoms with Crippen LogP contribution in [0.3, 0.4) is 0 Å². The van der Waals surface area contributed by atoms with E-state index in [1.807, 2.05) is 0 Å². The number of halogens is 6. The number of fused-ring (bicyclic) bond motifs is 1. The molecular weight excluding hydrogens is 470 g/mol. The quantitative estimate of drug-likeness (QED) is 0.335. The maximum absolute atomic E-state index is 13.8. The summed E-state index contributed by atoms with van der Waals surface area (Å²) in [5.74, 6) is -0.139. The average molecular weight is 486 g/mol. The molecule has 2 aromatic carbocycles. The largest absolute Gasteiger partial charge is 0.418 e. The molecule has 1 saturated carbocycles. The van der Waals surface area contributed by atoms with Gasteiger partial charge < -0.3 is 0 Å². The highest BCUT2D eigenvalue weighted by molar-refractivity contribution is 8.00. The summed E-state index contributed by atoms with van der Waals surface area (Å²) in [7, 11) is 0. The van der Waals surface area contributed by atoms with Gasteiger partial charge in [-0.1, -0.05) is 30.3 Å². The molecule has 0 spiro atoms. The van der Waals surface area contributed by atoms with Crippen molar-refractivity contribution >= 4 is 28.4 Å². The second-order valence-corrected chi connectivity index (χ2v) is 8.77. The highest BCUT2D eigenvalue weighted by atomic mass is 32.2. The molecule has 0 bridgehead atoms. The Kier molecular flexibility index (Phi) is 6.02. The third kappa shape index (κ3) is 4.64. The van der Waals surface area contributed by atoms with E-state index in [4.69, 9.17) is 0 Å². The maximum Gasteiger partial charge on any atom is 0.418 e. The van der Waals surface area contributed by atoms with Gasteiger partial charge in [-0.2, -0.15) is 26.3 Å². The van der Waals surface area contributed by atoms with Gasteiger partial charge in [-0.15, -0.1) is 0 Å². The van der Waals surface area contributed by atoms with Gasteiger partial charge in [0, 0.05) is 6.42 Å². The van der Waals surface area contributed by atoms with Crippen LogP contribution in [-0.2, 0) is 17.1 Å². The minimum absolute atomic E-state index is 0.0534. The van der Waals surface area contributed by atoms with Crippen LogP contribution in [0.1, 0.15) is 36.8 Å². The van der Waals surface area contributed by atoms with Gasteiger partial charge in [0.05, 0.1) is 33.0 Å². The molecule has 4 rings (SSSR count). The molecule has 1 aliphatic carbocycles. The zero-order chi connectivity index (χ0) is 24.0. The number of nitrogens with zero attached hydrogens (tertiary/aromatic N) is 2. The lowest BCUT2D eigenvalue weighted by Crippen LogP contribution is -2.28. The second-order valence-electron chi connectivity index (χ2n) is 7.60. The molecule has 1 heterocycles. The van der Waals surface area contributed by atoms with E-state index in [-0.39, 0.29) is 28.3 Å².